The maximum atomic E-state index is 6.34. The summed E-state index contributed by atoms with van der Waals surface area (Å²) in [7, 11) is 0. The second-order valence-corrected chi connectivity index (χ2v) is 8.01. The molecule has 2 aliphatic rings. The van der Waals surface area contributed by atoms with Gasteiger partial charge in [-0.3, -0.25) is 4.98 Å². The predicted octanol–water partition coefficient (Wildman–Crippen LogP) is 6.06. The van der Waals surface area contributed by atoms with Crippen LogP contribution in [-0.4, -0.2) is 4.98 Å². The quantitative estimate of drug-likeness (QED) is 0.563. The van der Waals surface area contributed by atoms with Crippen LogP contribution in [0.15, 0.2) is 90.8 Å². The molecular formula is C26H23NO. The highest BCUT2D eigenvalue weighted by molar-refractivity contribution is 5.82. The van der Waals surface area contributed by atoms with Crippen LogP contribution in [0.25, 0.3) is 5.57 Å². The summed E-state index contributed by atoms with van der Waals surface area (Å²) in [6, 6.07) is 23.1. The van der Waals surface area contributed by atoms with Crippen LogP contribution in [0.2, 0.25) is 0 Å². The molecule has 2 aromatic carbocycles. The third-order valence-electron chi connectivity index (χ3n) is 5.93. The molecule has 0 bridgehead atoms. The van der Waals surface area contributed by atoms with Crippen molar-refractivity contribution in [2.75, 3.05) is 0 Å². The molecule has 1 aliphatic heterocycles. The van der Waals surface area contributed by atoms with E-state index in [9.17, 15) is 0 Å². The van der Waals surface area contributed by atoms with Crippen LogP contribution in [0.5, 0.6) is 5.75 Å². The molecule has 1 unspecified atom stereocenters. The molecule has 1 aliphatic carbocycles. The fraction of sp³-hybridized carbons (Fsp3) is 0.192. The second-order valence-electron chi connectivity index (χ2n) is 8.01. The molecule has 0 fully saturated rings. The molecule has 1 atom stereocenters. The van der Waals surface area contributed by atoms with Crippen LogP contribution in [-0.2, 0) is 11.8 Å². The molecule has 3 aromatic rings. The summed E-state index contributed by atoms with van der Waals surface area (Å²) in [5.41, 5.74) is 6.07. The van der Waals surface area contributed by atoms with Gasteiger partial charge in [-0.05, 0) is 53.0 Å². The van der Waals surface area contributed by atoms with Gasteiger partial charge in [0, 0.05) is 11.6 Å². The summed E-state index contributed by atoms with van der Waals surface area (Å²) in [6.45, 7) is 4.51. The Morgan fingerprint density at radius 1 is 0.929 bits per heavy atom. The van der Waals surface area contributed by atoms with Crippen molar-refractivity contribution in [2.24, 2.45) is 0 Å². The lowest BCUT2D eigenvalue weighted by atomic mass is 9.78. The third-order valence-corrected chi connectivity index (χ3v) is 5.93. The zero-order valence-corrected chi connectivity index (χ0v) is 16.2. The zero-order chi connectivity index (χ0) is 19.1. The Bertz CT molecular complexity index is 1090. The van der Waals surface area contributed by atoms with Crippen LogP contribution in [0.3, 0.4) is 0 Å². The van der Waals surface area contributed by atoms with Crippen LogP contribution in [0.4, 0.5) is 0 Å². The van der Waals surface area contributed by atoms with E-state index in [0.717, 1.165) is 23.6 Å². The van der Waals surface area contributed by atoms with E-state index >= 15 is 0 Å². The Kier molecular flexibility index (Phi) is 3.94. The van der Waals surface area contributed by atoms with Crippen molar-refractivity contribution in [1.29, 1.82) is 0 Å². The molecule has 2 heteroatoms. The van der Waals surface area contributed by atoms with Crippen LogP contribution in [0, 0.1) is 0 Å². The van der Waals surface area contributed by atoms with Crippen LogP contribution in [0.1, 0.15) is 42.1 Å². The topological polar surface area (TPSA) is 22.1 Å². The molecule has 28 heavy (non-hydrogen) atoms. The summed E-state index contributed by atoms with van der Waals surface area (Å²) < 4.78 is 6.34. The number of ether oxygens (including phenoxy) is 1. The standard InChI is InChI=1S/C26H23NO/c1-26(2,25-13-7-8-16-27-25)22-17-21(19-10-4-5-11-20(19)22)24-15-14-18-9-3-6-12-23(18)28-24/h3-13,15-17,21H,14H2,1-2H3. The van der Waals surface area contributed by atoms with E-state index in [1.54, 1.807) is 0 Å². The average Bonchev–Trinajstić information content (AvgIpc) is 3.15. The first-order chi connectivity index (χ1) is 13.6. The number of benzene rings is 2. The Morgan fingerprint density at radius 2 is 1.71 bits per heavy atom. The Hall–Kier alpha value is -3.13. The molecule has 2 nitrogen and oxygen atoms in total. The van der Waals surface area contributed by atoms with Gasteiger partial charge in [0.05, 0.1) is 11.6 Å². The minimum atomic E-state index is -0.181. The minimum Gasteiger partial charge on any atom is -0.461 e. The van der Waals surface area contributed by atoms with Gasteiger partial charge in [-0.15, -0.1) is 0 Å². The predicted molar refractivity (Wildman–Crippen MR) is 113 cm³/mol. The van der Waals surface area contributed by atoms with Crippen molar-refractivity contribution < 1.29 is 4.74 Å². The Balaban J connectivity index is 1.58. The van der Waals surface area contributed by atoms with Crippen molar-refractivity contribution in [2.45, 2.75) is 31.6 Å². The summed E-state index contributed by atoms with van der Waals surface area (Å²) in [4.78, 5) is 4.65. The van der Waals surface area contributed by atoms with Crippen molar-refractivity contribution in [3.05, 3.63) is 113 Å². The van der Waals surface area contributed by atoms with Crippen molar-refractivity contribution in [1.82, 2.24) is 4.98 Å². The molecule has 0 saturated carbocycles. The summed E-state index contributed by atoms with van der Waals surface area (Å²) >= 11 is 0. The molecule has 0 saturated heterocycles. The van der Waals surface area contributed by atoms with Crippen molar-refractivity contribution >= 4 is 5.57 Å². The highest BCUT2D eigenvalue weighted by Gasteiger charge is 2.37. The van der Waals surface area contributed by atoms with Gasteiger partial charge in [0.15, 0.2) is 0 Å². The number of nitrogens with zero attached hydrogens (tertiary/aromatic N) is 1. The number of para-hydroxylation sites is 1. The van der Waals surface area contributed by atoms with Gasteiger partial charge < -0.3 is 4.74 Å². The molecule has 138 valence electrons. The number of pyridine rings is 1. The first kappa shape index (κ1) is 17.0. The van der Waals surface area contributed by atoms with Crippen LogP contribution >= 0.6 is 0 Å². The second kappa shape index (κ2) is 6.49. The molecule has 0 amide bonds. The number of allylic oxidation sites excluding steroid dienone is 3. The number of rotatable bonds is 3. The summed E-state index contributed by atoms with van der Waals surface area (Å²) in [6.07, 6.45) is 7.40. The van der Waals surface area contributed by atoms with E-state index in [1.165, 1.54) is 22.3 Å². The molecular weight excluding hydrogens is 342 g/mol. The van der Waals surface area contributed by atoms with Gasteiger partial charge in [0.1, 0.15) is 11.5 Å². The van der Waals surface area contributed by atoms with E-state index in [0.29, 0.717) is 0 Å². The minimum absolute atomic E-state index is 0.141. The van der Waals surface area contributed by atoms with E-state index < -0.39 is 0 Å². The van der Waals surface area contributed by atoms with Gasteiger partial charge in [-0.2, -0.15) is 0 Å². The van der Waals surface area contributed by atoms with Crippen LogP contribution < -0.4 is 4.74 Å². The molecule has 1 aromatic heterocycles. The number of fused-ring (bicyclic) bond motifs is 2. The first-order valence-electron chi connectivity index (χ1n) is 9.83. The first-order valence-corrected chi connectivity index (χ1v) is 9.83. The maximum absolute atomic E-state index is 6.34. The van der Waals surface area contributed by atoms with E-state index in [-0.39, 0.29) is 11.3 Å². The molecule has 0 radical (unpaired) electrons. The highest BCUT2D eigenvalue weighted by atomic mass is 16.5. The van der Waals surface area contributed by atoms with E-state index in [2.05, 4.69) is 85.6 Å². The molecule has 0 N–H and O–H groups in total. The fourth-order valence-corrected chi connectivity index (χ4v) is 4.35. The Labute approximate surface area is 166 Å². The smallest absolute Gasteiger partial charge is 0.130 e. The van der Waals surface area contributed by atoms with Gasteiger partial charge in [-0.25, -0.2) is 0 Å². The largest absolute Gasteiger partial charge is 0.461 e. The van der Waals surface area contributed by atoms with Crippen molar-refractivity contribution in [3.63, 3.8) is 0 Å². The number of aromatic nitrogens is 1. The monoisotopic (exact) mass is 365 g/mol. The van der Waals surface area contributed by atoms with Gasteiger partial charge in [0.25, 0.3) is 0 Å². The van der Waals surface area contributed by atoms with Gasteiger partial charge in [-0.1, -0.05) is 68.5 Å². The number of hydrogen-bond acceptors (Lipinski definition) is 2. The fourth-order valence-electron chi connectivity index (χ4n) is 4.35. The van der Waals surface area contributed by atoms with E-state index in [1.807, 2.05) is 18.3 Å². The summed E-state index contributed by atoms with van der Waals surface area (Å²) in [5.74, 6) is 2.14. The van der Waals surface area contributed by atoms with Crippen molar-refractivity contribution in [3.8, 4) is 5.75 Å². The molecule has 0 spiro atoms. The average molecular weight is 365 g/mol. The van der Waals surface area contributed by atoms with Gasteiger partial charge >= 0.3 is 0 Å². The highest BCUT2D eigenvalue weighted by Crippen LogP contribution is 2.49. The molecule has 5 rings (SSSR count). The lowest BCUT2D eigenvalue weighted by Gasteiger charge is -2.26. The lowest BCUT2D eigenvalue weighted by molar-refractivity contribution is 0.386. The third kappa shape index (κ3) is 2.68. The zero-order valence-electron chi connectivity index (χ0n) is 16.2. The summed E-state index contributed by atoms with van der Waals surface area (Å²) in [5, 5.41) is 0. The van der Waals surface area contributed by atoms with Gasteiger partial charge in [0.2, 0.25) is 0 Å². The van der Waals surface area contributed by atoms with E-state index in [4.69, 9.17) is 4.74 Å². The maximum Gasteiger partial charge on any atom is 0.130 e. The molecule has 2 heterocycles. The Morgan fingerprint density at radius 3 is 2.57 bits per heavy atom. The normalized spacial score (nSPS) is 17.9. The number of hydrogen-bond donors (Lipinski definition) is 0. The SMILES string of the molecule is CC(C)(C1=CC(C2=CCc3ccccc3O2)c2ccccc21)c1ccccn1. The lowest BCUT2D eigenvalue weighted by Crippen LogP contribution is -2.20.